The molecule has 238 valence electrons. The summed E-state index contributed by atoms with van der Waals surface area (Å²) in [4.78, 5) is 22.9. The fraction of sp³-hybridized carbons (Fsp3) is 0.784. The Morgan fingerprint density at radius 1 is 0.561 bits per heavy atom. The topological polar surface area (TPSA) is 63.6 Å². The SMILES string of the molecule is CC/C=C\C/C=C\C/C=C\CCCCCCCCCC(=O)OC(CCC)CCCCCCCCCCCCC(=O)O. The van der Waals surface area contributed by atoms with E-state index in [1.807, 2.05) is 0 Å². The van der Waals surface area contributed by atoms with Crippen LogP contribution in [0, 0.1) is 0 Å². The summed E-state index contributed by atoms with van der Waals surface area (Å²) < 4.78 is 5.84. The molecule has 0 heterocycles. The molecule has 0 aromatic heterocycles. The zero-order chi connectivity index (χ0) is 30.1. The molecule has 1 atom stereocenters. The van der Waals surface area contributed by atoms with E-state index in [1.165, 1.54) is 77.0 Å². The van der Waals surface area contributed by atoms with Crippen LogP contribution in [0.2, 0.25) is 0 Å². The number of carbonyl (C=O) groups excluding carboxylic acids is 1. The van der Waals surface area contributed by atoms with Gasteiger partial charge in [0.2, 0.25) is 0 Å². The van der Waals surface area contributed by atoms with Gasteiger partial charge in [0, 0.05) is 12.8 Å². The van der Waals surface area contributed by atoms with Crippen molar-refractivity contribution >= 4 is 11.9 Å². The van der Waals surface area contributed by atoms with Gasteiger partial charge in [-0.2, -0.15) is 0 Å². The largest absolute Gasteiger partial charge is 0.481 e. The van der Waals surface area contributed by atoms with E-state index >= 15 is 0 Å². The second-order valence-corrected chi connectivity index (χ2v) is 11.7. The summed E-state index contributed by atoms with van der Waals surface area (Å²) >= 11 is 0. The summed E-state index contributed by atoms with van der Waals surface area (Å²) in [6, 6.07) is 0. The Morgan fingerprint density at radius 2 is 1.02 bits per heavy atom. The number of rotatable bonds is 31. The molecule has 0 saturated heterocycles. The second kappa shape index (κ2) is 32.7. The average Bonchev–Trinajstić information content (AvgIpc) is 2.95. The molecular weight excluding hydrogens is 508 g/mol. The molecule has 41 heavy (non-hydrogen) atoms. The lowest BCUT2D eigenvalue weighted by atomic mass is 10.0. The van der Waals surface area contributed by atoms with Crippen LogP contribution in [0.1, 0.15) is 181 Å². The highest BCUT2D eigenvalue weighted by Crippen LogP contribution is 2.17. The summed E-state index contributed by atoms with van der Waals surface area (Å²) in [5, 5.41) is 8.66. The predicted molar refractivity (Wildman–Crippen MR) is 176 cm³/mol. The van der Waals surface area contributed by atoms with Gasteiger partial charge in [0.1, 0.15) is 6.10 Å². The van der Waals surface area contributed by atoms with Crippen molar-refractivity contribution in [1.29, 1.82) is 0 Å². The minimum absolute atomic E-state index is 0.00543. The predicted octanol–water partition coefficient (Wildman–Crippen LogP) is 11.8. The van der Waals surface area contributed by atoms with Gasteiger partial charge in [0.05, 0.1) is 0 Å². The quantitative estimate of drug-likeness (QED) is 0.0508. The summed E-state index contributed by atoms with van der Waals surface area (Å²) in [7, 11) is 0. The molecule has 0 aliphatic heterocycles. The number of carboxylic acids is 1. The van der Waals surface area contributed by atoms with E-state index in [1.54, 1.807) is 0 Å². The summed E-state index contributed by atoms with van der Waals surface area (Å²) in [5.41, 5.74) is 0. The molecule has 0 aromatic carbocycles. The monoisotopic (exact) mass is 574 g/mol. The highest BCUT2D eigenvalue weighted by atomic mass is 16.5. The van der Waals surface area contributed by atoms with Crippen molar-refractivity contribution in [3.63, 3.8) is 0 Å². The van der Waals surface area contributed by atoms with Crippen LogP contribution in [0.3, 0.4) is 0 Å². The highest BCUT2D eigenvalue weighted by Gasteiger charge is 2.13. The first-order chi connectivity index (χ1) is 20.1. The number of aliphatic carboxylic acids is 1. The molecule has 0 fully saturated rings. The molecule has 0 saturated carbocycles. The maximum Gasteiger partial charge on any atom is 0.306 e. The average molecular weight is 575 g/mol. The lowest BCUT2D eigenvalue weighted by molar-refractivity contribution is -0.150. The zero-order valence-electron chi connectivity index (χ0n) is 27.1. The standard InChI is InChI=1S/C37H66O4/c1-3-5-6-7-8-9-10-11-12-13-14-15-16-21-24-27-30-34-37(40)41-35(31-4-2)32-28-25-22-19-17-18-20-23-26-29-33-36(38)39/h5-6,8-9,11-12,35H,3-4,7,10,13-34H2,1-2H3,(H,38,39)/b6-5-,9-8-,12-11-. The number of esters is 1. The van der Waals surface area contributed by atoms with Gasteiger partial charge in [-0.1, -0.05) is 140 Å². The molecule has 0 rings (SSSR count). The van der Waals surface area contributed by atoms with Gasteiger partial charge in [-0.3, -0.25) is 9.59 Å². The molecule has 0 spiro atoms. The molecule has 0 aliphatic rings. The van der Waals surface area contributed by atoms with Crippen molar-refractivity contribution in [2.24, 2.45) is 0 Å². The summed E-state index contributed by atoms with van der Waals surface area (Å²) in [6.45, 7) is 4.34. The Labute approximate surface area is 254 Å². The first kappa shape index (κ1) is 39.2. The van der Waals surface area contributed by atoms with Gasteiger partial charge in [-0.05, 0) is 64.2 Å². The van der Waals surface area contributed by atoms with Crippen molar-refractivity contribution in [3.05, 3.63) is 36.5 Å². The molecule has 0 aliphatic carbocycles. The Kier molecular flexibility index (Phi) is 31.2. The lowest BCUT2D eigenvalue weighted by Crippen LogP contribution is -2.18. The number of unbranched alkanes of at least 4 members (excludes halogenated alkanes) is 16. The van der Waals surface area contributed by atoms with E-state index < -0.39 is 5.97 Å². The van der Waals surface area contributed by atoms with E-state index in [-0.39, 0.29) is 12.1 Å². The van der Waals surface area contributed by atoms with Gasteiger partial charge >= 0.3 is 11.9 Å². The van der Waals surface area contributed by atoms with Crippen molar-refractivity contribution in [3.8, 4) is 0 Å². The number of carboxylic acid groups (broad SMARTS) is 1. The Balaban J connectivity index is 3.59. The Hall–Kier alpha value is -1.84. The van der Waals surface area contributed by atoms with E-state index in [0.29, 0.717) is 12.8 Å². The molecule has 0 aromatic rings. The third-order valence-electron chi connectivity index (χ3n) is 7.61. The molecular formula is C37H66O4. The van der Waals surface area contributed by atoms with E-state index in [9.17, 15) is 9.59 Å². The molecule has 1 N–H and O–H groups in total. The van der Waals surface area contributed by atoms with E-state index in [4.69, 9.17) is 9.84 Å². The normalized spacial score (nSPS) is 12.6. The number of ether oxygens (including phenoxy) is 1. The highest BCUT2D eigenvalue weighted by molar-refractivity contribution is 5.69. The van der Waals surface area contributed by atoms with Crippen LogP contribution in [0.4, 0.5) is 0 Å². The smallest absolute Gasteiger partial charge is 0.306 e. The molecule has 4 heteroatoms. The van der Waals surface area contributed by atoms with Crippen LogP contribution in [-0.4, -0.2) is 23.1 Å². The summed E-state index contributed by atoms with van der Waals surface area (Å²) in [5.74, 6) is -0.673. The van der Waals surface area contributed by atoms with E-state index in [0.717, 1.165) is 77.0 Å². The molecule has 1 unspecified atom stereocenters. The molecule has 0 radical (unpaired) electrons. The van der Waals surface area contributed by atoms with Gasteiger partial charge in [-0.25, -0.2) is 0 Å². The Bertz CT molecular complexity index is 664. The van der Waals surface area contributed by atoms with Crippen LogP contribution in [0.5, 0.6) is 0 Å². The lowest BCUT2D eigenvalue weighted by Gasteiger charge is -2.17. The molecule has 0 amide bonds. The van der Waals surface area contributed by atoms with Crippen LogP contribution in [0.15, 0.2) is 36.5 Å². The van der Waals surface area contributed by atoms with Crippen LogP contribution in [-0.2, 0) is 14.3 Å². The first-order valence-electron chi connectivity index (χ1n) is 17.5. The first-order valence-corrected chi connectivity index (χ1v) is 17.5. The third kappa shape index (κ3) is 32.5. The minimum atomic E-state index is -0.678. The van der Waals surface area contributed by atoms with Crippen molar-refractivity contribution in [2.75, 3.05) is 0 Å². The summed E-state index contributed by atoms with van der Waals surface area (Å²) in [6.07, 6.45) is 42.1. The van der Waals surface area contributed by atoms with Gasteiger partial charge in [0.25, 0.3) is 0 Å². The van der Waals surface area contributed by atoms with Crippen molar-refractivity contribution in [1.82, 2.24) is 0 Å². The number of carbonyl (C=O) groups is 2. The Morgan fingerprint density at radius 3 is 1.56 bits per heavy atom. The molecule has 4 nitrogen and oxygen atoms in total. The second-order valence-electron chi connectivity index (χ2n) is 11.7. The number of hydrogen-bond acceptors (Lipinski definition) is 3. The molecule has 0 bridgehead atoms. The van der Waals surface area contributed by atoms with Crippen LogP contribution in [0.25, 0.3) is 0 Å². The van der Waals surface area contributed by atoms with Gasteiger partial charge in [-0.15, -0.1) is 0 Å². The third-order valence-corrected chi connectivity index (χ3v) is 7.61. The van der Waals surface area contributed by atoms with Crippen molar-refractivity contribution in [2.45, 2.75) is 187 Å². The van der Waals surface area contributed by atoms with Gasteiger partial charge < -0.3 is 9.84 Å². The zero-order valence-corrected chi connectivity index (χ0v) is 27.1. The minimum Gasteiger partial charge on any atom is -0.481 e. The van der Waals surface area contributed by atoms with Crippen molar-refractivity contribution < 1.29 is 19.4 Å². The maximum atomic E-state index is 12.4. The fourth-order valence-corrected chi connectivity index (χ4v) is 5.13. The van der Waals surface area contributed by atoms with Gasteiger partial charge in [0.15, 0.2) is 0 Å². The van der Waals surface area contributed by atoms with E-state index in [2.05, 4.69) is 50.3 Å². The maximum absolute atomic E-state index is 12.4. The van der Waals surface area contributed by atoms with Crippen LogP contribution >= 0.6 is 0 Å². The van der Waals surface area contributed by atoms with Crippen LogP contribution < -0.4 is 0 Å². The fourth-order valence-electron chi connectivity index (χ4n) is 5.13. The number of allylic oxidation sites excluding steroid dienone is 6. The number of hydrogen-bond donors (Lipinski definition) is 1.